The first kappa shape index (κ1) is 18.5. The molecule has 1 aromatic heterocycles. The fraction of sp³-hybridized carbons (Fsp3) is 0.238. The Morgan fingerprint density at radius 3 is 2.33 bits per heavy atom. The van der Waals surface area contributed by atoms with Gasteiger partial charge in [-0.25, -0.2) is 0 Å². The van der Waals surface area contributed by atoms with E-state index in [0.717, 1.165) is 16.5 Å². The molecule has 6 heteroatoms. The zero-order valence-corrected chi connectivity index (χ0v) is 15.8. The summed E-state index contributed by atoms with van der Waals surface area (Å²) in [6.07, 6.45) is 0. The van der Waals surface area contributed by atoms with Crippen LogP contribution in [0.1, 0.15) is 21.5 Å². The van der Waals surface area contributed by atoms with Crippen LogP contribution in [0.15, 0.2) is 47.3 Å². The summed E-state index contributed by atoms with van der Waals surface area (Å²) in [6, 6.07) is 12.7. The summed E-state index contributed by atoms with van der Waals surface area (Å²) in [6.45, 7) is 2.19. The lowest BCUT2D eigenvalue weighted by atomic mass is 10.1. The normalized spacial score (nSPS) is 10.7. The Kier molecular flexibility index (Phi) is 5.16. The summed E-state index contributed by atoms with van der Waals surface area (Å²) in [5.74, 6) is 0.839. The van der Waals surface area contributed by atoms with E-state index in [4.69, 9.17) is 9.47 Å². The highest BCUT2D eigenvalue weighted by Crippen LogP contribution is 2.23. The zero-order chi connectivity index (χ0) is 19.6. The number of aromatic amines is 1. The maximum Gasteiger partial charge on any atom is 0.254 e. The van der Waals surface area contributed by atoms with E-state index in [1.165, 1.54) is 19.1 Å². The SMILES string of the molecule is COc1cc(OC)cc(C(=O)N(C)Cc2cc3cc(C)ccc3[nH]c2=O)c1. The number of nitrogens with one attached hydrogen (secondary N) is 1. The lowest BCUT2D eigenvalue weighted by Crippen LogP contribution is -2.29. The average molecular weight is 366 g/mol. The Balaban J connectivity index is 1.90. The van der Waals surface area contributed by atoms with Gasteiger partial charge in [-0.3, -0.25) is 9.59 Å². The molecule has 0 spiro atoms. The first-order valence-electron chi connectivity index (χ1n) is 8.52. The second-order valence-corrected chi connectivity index (χ2v) is 6.48. The van der Waals surface area contributed by atoms with Crippen LogP contribution in [0.25, 0.3) is 10.9 Å². The third-order valence-corrected chi connectivity index (χ3v) is 4.43. The third kappa shape index (κ3) is 3.95. The average Bonchev–Trinajstić information content (AvgIpc) is 2.67. The molecule has 0 fully saturated rings. The predicted octanol–water partition coefficient (Wildman–Crippen LogP) is 3.13. The van der Waals surface area contributed by atoms with Crippen LogP contribution in [-0.2, 0) is 6.54 Å². The van der Waals surface area contributed by atoms with E-state index in [9.17, 15) is 9.59 Å². The van der Waals surface area contributed by atoms with Gasteiger partial charge in [0, 0.05) is 29.8 Å². The number of rotatable bonds is 5. The van der Waals surface area contributed by atoms with Crippen molar-refractivity contribution in [1.82, 2.24) is 9.88 Å². The largest absolute Gasteiger partial charge is 0.497 e. The summed E-state index contributed by atoms with van der Waals surface area (Å²) < 4.78 is 10.4. The number of aromatic nitrogens is 1. The van der Waals surface area contributed by atoms with Gasteiger partial charge in [-0.05, 0) is 42.6 Å². The van der Waals surface area contributed by atoms with Crippen molar-refractivity contribution in [3.05, 3.63) is 69.5 Å². The number of aryl methyl sites for hydroxylation is 1. The number of hydrogen-bond acceptors (Lipinski definition) is 4. The van der Waals surface area contributed by atoms with E-state index in [1.54, 1.807) is 25.2 Å². The number of fused-ring (bicyclic) bond motifs is 1. The molecule has 1 N–H and O–H groups in total. The van der Waals surface area contributed by atoms with E-state index < -0.39 is 0 Å². The number of carbonyl (C=O) groups excluding carboxylic acids is 1. The van der Waals surface area contributed by atoms with E-state index in [0.29, 0.717) is 22.6 Å². The van der Waals surface area contributed by atoms with Crippen LogP contribution < -0.4 is 15.0 Å². The first-order chi connectivity index (χ1) is 12.9. The molecule has 3 rings (SSSR count). The molecule has 0 saturated heterocycles. The number of amides is 1. The molecule has 6 nitrogen and oxygen atoms in total. The van der Waals surface area contributed by atoms with Gasteiger partial charge >= 0.3 is 0 Å². The molecule has 0 aliphatic carbocycles. The van der Waals surface area contributed by atoms with Gasteiger partial charge in [0.05, 0.1) is 20.8 Å². The number of pyridine rings is 1. The van der Waals surface area contributed by atoms with Crippen LogP contribution in [0, 0.1) is 6.92 Å². The third-order valence-electron chi connectivity index (χ3n) is 4.43. The van der Waals surface area contributed by atoms with Crippen molar-refractivity contribution < 1.29 is 14.3 Å². The molecule has 1 heterocycles. The lowest BCUT2D eigenvalue weighted by molar-refractivity contribution is 0.0784. The quantitative estimate of drug-likeness (QED) is 0.753. The zero-order valence-electron chi connectivity index (χ0n) is 15.8. The van der Waals surface area contributed by atoms with Crippen molar-refractivity contribution in [2.24, 2.45) is 0 Å². The fourth-order valence-corrected chi connectivity index (χ4v) is 2.97. The minimum atomic E-state index is -0.226. The standard InChI is InChI=1S/C21H22N2O4/c1-13-5-6-19-14(7-13)8-16(20(24)22-19)12-23(2)21(25)15-9-17(26-3)11-18(10-15)27-4/h5-11H,12H2,1-4H3,(H,22,24). The monoisotopic (exact) mass is 366 g/mol. The minimum Gasteiger partial charge on any atom is -0.497 e. The van der Waals surface area contributed by atoms with Gasteiger partial charge in [0.1, 0.15) is 11.5 Å². The van der Waals surface area contributed by atoms with Crippen LogP contribution >= 0.6 is 0 Å². The molecule has 27 heavy (non-hydrogen) atoms. The van der Waals surface area contributed by atoms with Gasteiger partial charge in [-0.15, -0.1) is 0 Å². The summed E-state index contributed by atoms with van der Waals surface area (Å²) in [5, 5.41) is 0.938. The van der Waals surface area contributed by atoms with E-state index in [2.05, 4.69) is 4.98 Å². The van der Waals surface area contributed by atoms with Crippen LogP contribution in [-0.4, -0.2) is 37.1 Å². The molecule has 0 unspecified atom stereocenters. The van der Waals surface area contributed by atoms with Gasteiger partial charge < -0.3 is 19.4 Å². The highest BCUT2D eigenvalue weighted by atomic mass is 16.5. The minimum absolute atomic E-state index is 0.192. The van der Waals surface area contributed by atoms with Crippen LogP contribution in [0.2, 0.25) is 0 Å². The smallest absolute Gasteiger partial charge is 0.254 e. The van der Waals surface area contributed by atoms with Gasteiger partial charge in [-0.1, -0.05) is 11.6 Å². The molecule has 1 amide bonds. The van der Waals surface area contributed by atoms with Crippen molar-refractivity contribution >= 4 is 16.8 Å². The van der Waals surface area contributed by atoms with E-state index in [-0.39, 0.29) is 18.0 Å². The van der Waals surface area contributed by atoms with Crippen LogP contribution in [0.3, 0.4) is 0 Å². The summed E-state index contributed by atoms with van der Waals surface area (Å²) >= 11 is 0. The highest BCUT2D eigenvalue weighted by Gasteiger charge is 2.16. The number of carbonyl (C=O) groups is 1. The molecule has 0 atom stereocenters. The lowest BCUT2D eigenvalue weighted by Gasteiger charge is -2.18. The molecule has 140 valence electrons. The Hall–Kier alpha value is -3.28. The Bertz CT molecular complexity index is 1030. The van der Waals surface area contributed by atoms with Gasteiger partial charge in [0.15, 0.2) is 0 Å². The first-order valence-corrected chi connectivity index (χ1v) is 8.52. The molecular weight excluding hydrogens is 344 g/mol. The Labute approximate surface area is 157 Å². The van der Waals surface area contributed by atoms with Gasteiger partial charge in [-0.2, -0.15) is 0 Å². The predicted molar refractivity (Wildman–Crippen MR) is 105 cm³/mol. The molecule has 2 aromatic carbocycles. The fourth-order valence-electron chi connectivity index (χ4n) is 2.97. The van der Waals surface area contributed by atoms with Crippen LogP contribution in [0.4, 0.5) is 0 Å². The van der Waals surface area contributed by atoms with Crippen molar-refractivity contribution in [1.29, 1.82) is 0 Å². The number of hydrogen-bond donors (Lipinski definition) is 1. The van der Waals surface area contributed by atoms with Crippen molar-refractivity contribution in [3.8, 4) is 11.5 Å². The van der Waals surface area contributed by atoms with Crippen molar-refractivity contribution in [2.45, 2.75) is 13.5 Å². The Morgan fingerprint density at radius 2 is 1.70 bits per heavy atom. The summed E-state index contributed by atoms with van der Waals surface area (Å²) in [7, 11) is 4.72. The molecular formula is C21H22N2O4. The number of ether oxygens (including phenoxy) is 2. The van der Waals surface area contributed by atoms with Crippen molar-refractivity contribution in [2.75, 3.05) is 21.3 Å². The number of methoxy groups -OCH3 is 2. The molecule has 3 aromatic rings. The molecule has 0 aliphatic rings. The van der Waals surface area contributed by atoms with Gasteiger partial charge in [0.2, 0.25) is 0 Å². The molecule has 0 bridgehead atoms. The second-order valence-electron chi connectivity index (χ2n) is 6.48. The Morgan fingerprint density at radius 1 is 1.04 bits per heavy atom. The van der Waals surface area contributed by atoms with Gasteiger partial charge in [0.25, 0.3) is 11.5 Å². The molecule has 0 radical (unpaired) electrons. The number of H-pyrrole nitrogens is 1. The maximum atomic E-state index is 12.8. The highest BCUT2D eigenvalue weighted by molar-refractivity contribution is 5.95. The van der Waals surface area contributed by atoms with Crippen LogP contribution in [0.5, 0.6) is 11.5 Å². The second kappa shape index (κ2) is 7.53. The number of nitrogens with zero attached hydrogens (tertiary/aromatic N) is 1. The van der Waals surface area contributed by atoms with E-state index >= 15 is 0 Å². The molecule has 0 aliphatic heterocycles. The van der Waals surface area contributed by atoms with E-state index in [1.807, 2.05) is 31.2 Å². The number of benzene rings is 2. The maximum absolute atomic E-state index is 12.8. The van der Waals surface area contributed by atoms with Crippen molar-refractivity contribution in [3.63, 3.8) is 0 Å². The summed E-state index contributed by atoms with van der Waals surface area (Å²) in [4.78, 5) is 29.6. The summed E-state index contributed by atoms with van der Waals surface area (Å²) in [5.41, 5.74) is 2.64. The molecule has 0 saturated carbocycles. The topological polar surface area (TPSA) is 71.6 Å².